The lowest BCUT2D eigenvalue weighted by atomic mass is 9.83. The average Bonchev–Trinajstić information content (AvgIpc) is 3.05. The molecule has 3 atom stereocenters. The van der Waals surface area contributed by atoms with Crippen molar-refractivity contribution in [2.24, 2.45) is 11.8 Å². The summed E-state index contributed by atoms with van der Waals surface area (Å²) in [5, 5.41) is 1.64. The Kier molecular flexibility index (Phi) is 5.48. The van der Waals surface area contributed by atoms with Crippen molar-refractivity contribution < 1.29 is 9.59 Å². The van der Waals surface area contributed by atoms with Crippen LogP contribution >= 0.6 is 0 Å². The van der Waals surface area contributed by atoms with Crippen LogP contribution in [0.1, 0.15) is 0 Å². The lowest BCUT2D eigenvalue weighted by Gasteiger charge is -2.41. The zero-order chi connectivity index (χ0) is 19.7. The van der Waals surface area contributed by atoms with Crippen molar-refractivity contribution in [3.63, 3.8) is 0 Å². The van der Waals surface area contributed by atoms with Gasteiger partial charge < -0.3 is 9.80 Å². The standard InChI is InChI=1S/C21H29N5O2/c1-3-9-24-14-17(20(27)25-12-10-23(2)11-13-25)19-18(15-24)21(28)26(22-19)16-7-5-4-6-8-16/h3-8,17-19,22H,1,9-15H2,2H3. The molecule has 3 fully saturated rings. The Bertz CT molecular complexity index is 732. The smallest absolute Gasteiger partial charge is 0.247 e. The van der Waals surface area contributed by atoms with Gasteiger partial charge in [-0.2, -0.15) is 0 Å². The van der Waals surface area contributed by atoms with Gasteiger partial charge in [-0.3, -0.25) is 14.5 Å². The molecule has 28 heavy (non-hydrogen) atoms. The van der Waals surface area contributed by atoms with Crippen molar-refractivity contribution in [3.05, 3.63) is 43.0 Å². The fourth-order valence-corrected chi connectivity index (χ4v) is 4.53. The molecule has 0 radical (unpaired) electrons. The maximum absolute atomic E-state index is 13.4. The first-order chi connectivity index (χ1) is 13.6. The number of amides is 2. The van der Waals surface area contributed by atoms with Gasteiger partial charge in [-0.15, -0.1) is 6.58 Å². The van der Waals surface area contributed by atoms with Gasteiger partial charge in [-0.1, -0.05) is 24.3 Å². The van der Waals surface area contributed by atoms with Crippen molar-refractivity contribution in [3.8, 4) is 0 Å². The van der Waals surface area contributed by atoms with E-state index in [0.29, 0.717) is 19.6 Å². The minimum absolute atomic E-state index is 0.0427. The lowest BCUT2D eigenvalue weighted by Crippen LogP contribution is -2.59. The molecule has 3 unspecified atom stereocenters. The molecule has 2 amide bonds. The van der Waals surface area contributed by atoms with Crippen LogP contribution in [0.15, 0.2) is 43.0 Å². The highest BCUT2D eigenvalue weighted by atomic mass is 16.2. The van der Waals surface area contributed by atoms with Crippen LogP contribution in [0.25, 0.3) is 0 Å². The molecule has 3 aliphatic heterocycles. The SMILES string of the molecule is C=CCN1CC(C(=O)N2CCN(C)CC2)C2NN(c3ccccc3)C(=O)C2C1. The predicted octanol–water partition coefficient (Wildman–Crippen LogP) is 0.414. The third-order valence-electron chi connectivity index (χ3n) is 6.13. The number of likely N-dealkylation sites (tertiary alicyclic amines) is 1. The molecule has 1 N–H and O–H groups in total. The zero-order valence-corrected chi connectivity index (χ0v) is 16.5. The first-order valence-electron chi connectivity index (χ1n) is 10.0. The van der Waals surface area contributed by atoms with E-state index in [2.05, 4.69) is 28.9 Å². The number of hydrogen-bond donors (Lipinski definition) is 1. The lowest BCUT2D eigenvalue weighted by molar-refractivity contribution is -0.141. The van der Waals surface area contributed by atoms with Gasteiger partial charge in [0.15, 0.2) is 0 Å². The molecule has 150 valence electrons. The Labute approximate surface area is 166 Å². The molecule has 1 aromatic carbocycles. The van der Waals surface area contributed by atoms with Gasteiger partial charge in [0.05, 0.1) is 23.6 Å². The number of hydrogen-bond acceptors (Lipinski definition) is 5. The molecule has 3 aliphatic rings. The summed E-state index contributed by atoms with van der Waals surface area (Å²) in [6.45, 7) is 9.12. The highest BCUT2D eigenvalue weighted by molar-refractivity contribution is 5.98. The Morgan fingerprint density at radius 1 is 1.18 bits per heavy atom. The summed E-state index contributed by atoms with van der Waals surface area (Å²) in [7, 11) is 2.08. The van der Waals surface area contributed by atoms with Crippen molar-refractivity contribution in [2.75, 3.05) is 57.9 Å². The summed E-state index contributed by atoms with van der Waals surface area (Å²) in [6, 6.07) is 9.44. The number of nitrogens with zero attached hydrogens (tertiary/aromatic N) is 4. The van der Waals surface area contributed by atoms with Crippen molar-refractivity contribution in [1.29, 1.82) is 0 Å². The fraction of sp³-hybridized carbons (Fsp3) is 0.524. The predicted molar refractivity (Wildman–Crippen MR) is 109 cm³/mol. The first kappa shape index (κ1) is 19.1. The molecule has 0 saturated carbocycles. The fourth-order valence-electron chi connectivity index (χ4n) is 4.53. The number of carbonyl (C=O) groups excluding carboxylic acids is 2. The van der Waals surface area contributed by atoms with E-state index in [4.69, 9.17) is 0 Å². The van der Waals surface area contributed by atoms with Crippen LogP contribution in [0.3, 0.4) is 0 Å². The number of piperazine rings is 1. The number of carbonyl (C=O) groups is 2. The largest absolute Gasteiger partial charge is 0.340 e. The number of hydrazine groups is 1. The minimum Gasteiger partial charge on any atom is -0.340 e. The first-order valence-corrected chi connectivity index (χ1v) is 10.0. The van der Waals surface area contributed by atoms with Crippen molar-refractivity contribution in [1.82, 2.24) is 20.1 Å². The van der Waals surface area contributed by atoms with E-state index in [1.54, 1.807) is 5.01 Å². The second kappa shape index (κ2) is 8.03. The summed E-state index contributed by atoms with van der Waals surface area (Å²) < 4.78 is 0. The van der Waals surface area contributed by atoms with Crippen LogP contribution in [0, 0.1) is 11.8 Å². The van der Waals surface area contributed by atoms with Gasteiger partial charge in [-0.05, 0) is 19.2 Å². The minimum atomic E-state index is -0.236. The number of piperidine rings is 1. The van der Waals surface area contributed by atoms with E-state index >= 15 is 0 Å². The van der Waals surface area contributed by atoms with Gasteiger partial charge in [0.2, 0.25) is 11.8 Å². The van der Waals surface area contributed by atoms with Crippen LogP contribution in [0.2, 0.25) is 0 Å². The molecule has 0 aliphatic carbocycles. The molecule has 7 nitrogen and oxygen atoms in total. The van der Waals surface area contributed by atoms with Crippen LogP contribution in [0.4, 0.5) is 5.69 Å². The molecular formula is C21H29N5O2. The molecule has 0 spiro atoms. The molecule has 4 rings (SSSR count). The third-order valence-corrected chi connectivity index (χ3v) is 6.13. The topological polar surface area (TPSA) is 59.1 Å². The number of likely N-dealkylation sites (N-methyl/N-ethyl adjacent to an activating group) is 1. The molecule has 7 heteroatoms. The summed E-state index contributed by atoms with van der Waals surface area (Å²) in [4.78, 5) is 32.9. The van der Waals surface area contributed by atoms with Gasteiger partial charge in [-0.25, -0.2) is 10.4 Å². The Morgan fingerprint density at radius 2 is 1.89 bits per heavy atom. The molecular weight excluding hydrogens is 354 g/mol. The van der Waals surface area contributed by atoms with Gasteiger partial charge in [0, 0.05) is 45.8 Å². The average molecular weight is 383 g/mol. The highest BCUT2D eigenvalue weighted by Gasteiger charge is 2.51. The van der Waals surface area contributed by atoms with E-state index in [-0.39, 0.29) is 29.7 Å². The summed E-state index contributed by atoms with van der Waals surface area (Å²) >= 11 is 0. The monoisotopic (exact) mass is 383 g/mol. The second-order valence-electron chi connectivity index (χ2n) is 8.01. The quantitative estimate of drug-likeness (QED) is 0.764. The molecule has 0 bridgehead atoms. The second-order valence-corrected chi connectivity index (χ2v) is 8.01. The van der Waals surface area contributed by atoms with E-state index in [9.17, 15) is 9.59 Å². The molecule has 1 aromatic rings. The summed E-state index contributed by atoms with van der Waals surface area (Å²) in [6.07, 6.45) is 1.85. The number of fused-ring (bicyclic) bond motifs is 1. The van der Waals surface area contributed by atoms with Crippen LogP contribution in [-0.2, 0) is 9.59 Å². The van der Waals surface area contributed by atoms with Gasteiger partial charge in [0.1, 0.15) is 0 Å². The number of nitrogens with one attached hydrogen (secondary N) is 1. The van der Waals surface area contributed by atoms with E-state index in [1.165, 1.54) is 0 Å². The maximum Gasteiger partial charge on any atom is 0.247 e. The molecule has 0 aromatic heterocycles. The van der Waals surface area contributed by atoms with Crippen molar-refractivity contribution in [2.45, 2.75) is 6.04 Å². The summed E-state index contributed by atoms with van der Waals surface area (Å²) in [5.74, 6) is -0.261. The third kappa shape index (κ3) is 3.57. The maximum atomic E-state index is 13.4. The van der Waals surface area contributed by atoms with Gasteiger partial charge >= 0.3 is 0 Å². The van der Waals surface area contributed by atoms with Crippen LogP contribution < -0.4 is 10.4 Å². The Hall–Kier alpha value is -2.22. The molecule has 3 heterocycles. The number of anilines is 1. The van der Waals surface area contributed by atoms with Crippen molar-refractivity contribution >= 4 is 17.5 Å². The van der Waals surface area contributed by atoms with Crippen LogP contribution in [0.5, 0.6) is 0 Å². The molecule has 3 saturated heterocycles. The summed E-state index contributed by atoms with van der Waals surface area (Å²) in [5.41, 5.74) is 4.20. The number of rotatable bonds is 4. The van der Waals surface area contributed by atoms with Crippen LogP contribution in [-0.4, -0.2) is 85.4 Å². The highest BCUT2D eigenvalue weighted by Crippen LogP contribution is 2.32. The van der Waals surface area contributed by atoms with E-state index < -0.39 is 0 Å². The number of benzene rings is 1. The zero-order valence-electron chi connectivity index (χ0n) is 16.5. The van der Waals surface area contributed by atoms with Gasteiger partial charge in [0.25, 0.3) is 0 Å². The Morgan fingerprint density at radius 3 is 2.57 bits per heavy atom. The Balaban J connectivity index is 1.57. The van der Waals surface area contributed by atoms with E-state index in [1.807, 2.05) is 41.3 Å². The number of para-hydroxylation sites is 1. The normalized spacial score (nSPS) is 29.0. The van der Waals surface area contributed by atoms with E-state index in [0.717, 1.165) is 31.9 Å².